The number of hydrogen-bond donors (Lipinski definition) is 1. The summed E-state index contributed by atoms with van der Waals surface area (Å²) in [5.41, 5.74) is 4.98. The summed E-state index contributed by atoms with van der Waals surface area (Å²) in [6, 6.07) is 19.0. The van der Waals surface area contributed by atoms with E-state index in [4.69, 9.17) is 9.72 Å². The molecule has 5 nitrogen and oxygen atoms in total. The van der Waals surface area contributed by atoms with Crippen molar-refractivity contribution in [2.24, 2.45) is 0 Å². The van der Waals surface area contributed by atoms with Crippen molar-refractivity contribution < 1.29 is 9.53 Å². The number of nitrogens with one attached hydrogen (secondary N) is 1. The van der Waals surface area contributed by atoms with E-state index in [1.165, 1.54) is 0 Å². The number of pyridine rings is 2. The smallest absolute Gasteiger partial charge is 0.252 e. The Labute approximate surface area is 175 Å². The van der Waals surface area contributed by atoms with E-state index < -0.39 is 0 Å². The number of aryl methyl sites for hydroxylation is 1. The van der Waals surface area contributed by atoms with Crippen LogP contribution in [0, 0.1) is 6.92 Å². The van der Waals surface area contributed by atoms with Crippen molar-refractivity contribution in [3.05, 3.63) is 89.7 Å². The number of aromatic nitrogens is 2. The van der Waals surface area contributed by atoms with Crippen LogP contribution in [0.3, 0.4) is 0 Å². The summed E-state index contributed by atoms with van der Waals surface area (Å²) in [5, 5.41) is 3.93. The lowest BCUT2D eigenvalue weighted by Gasteiger charge is -2.19. The van der Waals surface area contributed by atoms with Crippen LogP contribution >= 0.6 is 0 Å². The number of carbonyl (C=O) groups is 1. The number of para-hydroxylation sites is 1. The first-order valence-corrected chi connectivity index (χ1v) is 9.82. The molecule has 150 valence electrons. The Kier molecular flexibility index (Phi) is 5.44. The molecule has 0 saturated heterocycles. The minimum atomic E-state index is -0.221. The molecule has 1 unspecified atom stereocenters. The number of amides is 1. The molecule has 1 amide bonds. The highest BCUT2D eigenvalue weighted by atomic mass is 16.5. The topological polar surface area (TPSA) is 64.1 Å². The maximum atomic E-state index is 13.3. The van der Waals surface area contributed by atoms with Crippen molar-refractivity contribution in [3.63, 3.8) is 0 Å². The highest BCUT2D eigenvalue weighted by Gasteiger charge is 2.18. The molecule has 0 aliphatic carbocycles. The Morgan fingerprint density at radius 1 is 1.07 bits per heavy atom. The SMILES string of the molecule is COc1ccc(C)cc1C(C)NC(=O)c1cc(-c2cccnc2)nc2ccccc12. The minimum absolute atomic E-state index is 0.158. The van der Waals surface area contributed by atoms with Gasteiger partial charge in [-0.25, -0.2) is 4.98 Å². The van der Waals surface area contributed by atoms with Crippen LogP contribution in [0.1, 0.15) is 34.5 Å². The molecule has 4 aromatic rings. The summed E-state index contributed by atoms with van der Waals surface area (Å²) in [6.45, 7) is 3.98. The predicted molar refractivity (Wildman–Crippen MR) is 119 cm³/mol. The summed E-state index contributed by atoms with van der Waals surface area (Å²) >= 11 is 0. The quantitative estimate of drug-likeness (QED) is 0.509. The van der Waals surface area contributed by atoms with E-state index in [2.05, 4.69) is 10.3 Å². The van der Waals surface area contributed by atoms with Gasteiger partial charge >= 0.3 is 0 Å². The number of hydrogen-bond acceptors (Lipinski definition) is 4. The molecule has 0 bridgehead atoms. The summed E-state index contributed by atoms with van der Waals surface area (Å²) in [6.07, 6.45) is 3.47. The van der Waals surface area contributed by atoms with Gasteiger partial charge in [-0.15, -0.1) is 0 Å². The third-order valence-corrected chi connectivity index (χ3v) is 5.12. The van der Waals surface area contributed by atoms with Gasteiger partial charge in [0.2, 0.25) is 0 Å². The van der Waals surface area contributed by atoms with Gasteiger partial charge in [-0.2, -0.15) is 0 Å². The van der Waals surface area contributed by atoms with E-state index >= 15 is 0 Å². The second-order valence-corrected chi connectivity index (χ2v) is 7.25. The zero-order valence-corrected chi connectivity index (χ0v) is 17.2. The van der Waals surface area contributed by atoms with Crippen molar-refractivity contribution >= 4 is 16.8 Å². The fraction of sp³-hybridized carbons (Fsp3) is 0.160. The number of nitrogens with zero attached hydrogens (tertiary/aromatic N) is 2. The van der Waals surface area contributed by atoms with Crippen LogP contribution in [-0.4, -0.2) is 23.0 Å². The number of fused-ring (bicyclic) bond motifs is 1. The molecule has 2 heterocycles. The lowest BCUT2D eigenvalue weighted by atomic mass is 10.0. The fourth-order valence-electron chi connectivity index (χ4n) is 3.57. The van der Waals surface area contributed by atoms with Gasteiger partial charge in [-0.05, 0) is 44.2 Å². The molecular formula is C25H23N3O2. The van der Waals surface area contributed by atoms with E-state index in [-0.39, 0.29) is 11.9 Å². The molecule has 1 atom stereocenters. The molecule has 30 heavy (non-hydrogen) atoms. The highest BCUT2D eigenvalue weighted by Crippen LogP contribution is 2.28. The molecule has 0 aliphatic heterocycles. The van der Waals surface area contributed by atoms with Gasteiger partial charge in [0.25, 0.3) is 5.91 Å². The predicted octanol–water partition coefficient (Wildman–Crippen LogP) is 5.10. The van der Waals surface area contributed by atoms with Crippen molar-refractivity contribution in [3.8, 4) is 17.0 Å². The van der Waals surface area contributed by atoms with E-state index in [0.29, 0.717) is 11.3 Å². The number of ether oxygens (including phenoxy) is 1. The Morgan fingerprint density at radius 2 is 1.90 bits per heavy atom. The van der Waals surface area contributed by atoms with Gasteiger partial charge in [0, 0.05) is 28.9 Å². The number of rotatable bonds is 5. The molecule has 4 rings (SSSR count). The number of benzene rings is 2. The Morgan fingerprint density at radius 3 is 2.67 bits per heavy atom. The molecule has 0 aliphatic rings. The van der Waals surface area contributed by atoms with Crippen LogP contribution in [-0.2, 0) is 0 Å². The molecule has 2 aromatic heterocycles. The first-order valence-electron chi connectivity index (χ1n) is 9.82. The van der Waals surface area contributed by atoms with E-state index in [1.807, 2.05) is 74.5 Å². The molecule has 0 spiro atoms. The van der Waals surface area contributed by atoms with Crippen LogP contribution in [0.15, 0.2) is 73.1 Å². The second kappa shape index (κ2) is 8.33. The van der Waals surface area contributed by atoms with E-state index in [0.717, 1.165) is 33.3 Å². The largest absolute Gasteiger partial charge is 0.496 e. The van der Waals surface area contributed by atoms with Crippen molar-refractivity contribution in [1.82, 2.24) is 15.3 Å². The van der Waals surface area contributed by atoms with Crippen LogP contribution in [0.4, 0.5) is 0 Å². The van der Waals surface area contributed by atoms with Crippen molar-refractivity contribution in [1.29, 1.82) is 0 Å². The molecule has 0 fully saturated rings. The Bertz CT molecular complexity index is 1210. The summed E-state index contributed by atoms with van der Waals surface area (Å²) in [4.78, 5) is 22.2. The first-order chi connectivity index (χ1) is 14.6. The lowest BCUT2D eigenvalue weighted by molar-refractivity contribution is 0.0941. The number of carbonyl (C=O) groups excluding carboxylic acids is 1. The molecule has 0 saturated carbocycles. The van der Waals surface area contributed by atoms with E-state index in [1.54, 1.807) is 19.5 Å². The average Bonchev–Trinajstić information content (AvgIpc) is 2.78. The van der Waals surface area contributed by atoms with Crippen molar-refractivity contribution in [2.45, 2.75) is 19.9 Å². The Hall–Kier alpha value is -3.73. The Balaban J connectivity index is 1.73. The summed E-state index contributed by atoms with van der Waals surface area (Å²) in [5.74, 6) is 0.596. The normalized spacial score (nSPS) is 11.8. The summed E-state index contributed by atoms with van der Waals surface area (Å²) < 4.78 is 5.49. The zero-order chi connectivity index (χ0) is 21.1. The zero-order valence-electron chi connectivity index (χ0n) is 17.2. The lowest BCUT2D eigenvalue weighted by Crippen LogP contribution is -2.27. The monoisotopic (exact) mass is 397 g/mol. The number of methoxy groups -OCH3 is 1. The molecule has 0 radical (unpaired) electrons. The van der Waals surface area contributed by atoms with Gasteiger partial charge in [-0.3, -0.25) is 9.78 Å². The third kappa shape index (κ3) is 3.87. The standard InChI is InChI=1S/C25H23N3O2/c1-16-10-11-24(30-3)20(13-16)17(2)27-25(29)21-14-23(18-7-6-12-26-15-18)28-22-9-5-4-8-19(21)22/h4-15,17H,1-3H3,(H,27,29). The van der Waals surface area contributed by atoms with Gasteiger partial charge < -0.3 is 10.1 Å². The van der Waals surface area contributed by atoms with Crippen molar-refractivity contribution in [2.75, 3.05) is 7.11 Å². The highest BCUT2D eigenvalue weighted by molar-refractivity contribution is 6.07. The van der Waals surface area contributed by atoms with Crippen LogP contribution < -0.4 is 10.1 Å². The minimum Gasteiger partial charge on any atom is -0.496 e. The van der Waals surface area contributed by atoms with Gasteiger partial charge in [0.15, 0.2) is 0 Å². The van der Waals surface area contributed by atoms with Gasteiger partial charge in [-0.1, -0.05) is 35.9 Å². The fourth-order valence-corrected chi connectivity index (χ4v) is 3.57. The molecule has 2 aromatic carbocycles. The maximum Gasteiger partial charge on any atom is 0.252 e. The molecule has 1 N–H and O–H groups in total. The van der Waals surface area contributed by atoms with Crippen LogP contribution in [0.5, 0.6) is 5.75 Å². The maximum absolute atomic E-state index is 13.3. The molecular weight excluding hydrogens is 374 g/mol. The van der Waals surface area contributed by atoms with Gasteiger partial charge in [0.1, 0.15) is 5.75 Å². The molecule has 5 heteroatoms. The first kappa shape index (κ1) is 19.6. The van der Waals surface area contributed by atoms with Crippen LogP contribution in [0.25, 0.3) is 22.2 Å². The second-order valence-electron chi connectivity index (χ2n) is 7.25. The van der Waals surface area contributed by atoms with Crippen LogP contribution in [0.2, 0.25) is 0 Å². The summed E-state index contributed by atoms with van der Waals surface area (Å²) in [7, 11) is 1.64. The van der Waals surface area contributed by atoms with E-state index in [9.17, 15) is 4.79 Å². The van der Waals surface area contributed by atoms with Gasteiger partial charge in [0.05, 0.1) is 29.9 Å². The third-order valence-electron chi connectivity index (χ3n) is 5.12. The average molecular weight is 397 g/mol.